The summed E-state index contributed by atoms with van der Waals surface area (Å²) < 4.78 is 28.4. The molecule has 2 aliphatic heterocycles. The van der Waals surface area contributed by atoms with Gasteiger partial charge in [0.1, 0.15) is 0 Å². The minimum atomic E-state index is -3.59. The number of piperidine rings is 1. The molecule has 0 bridgehead atoms. The fourth-order valence-electron chi connectivity index (χ4n) is 3.17. The van der Waals surface area contributed by atoms with Crippen LogP contribution in [0.5, 0.6) is 0 Å². The summed E-state index contributed by atoms with van der Waals surface area (Å²) in [6.45, 7) is 6.35. The van der Waals surface area contributed by atoms with E-state index < -0.39 is 21.6 Å². The zero-order chi connectivity index (χ0) is 16.4. The molecule has 2 aliphatic rings. The van der Waals surface area contributed by atoms with Gasteiger partial charge in [0.25, 0.3) is 10.2 Å². The van der Waals surface area contributed by atoms with Crippen LogP contribution in [0, 0.1) is 5.41 Å². The van der Waals surface area contributed by atoms with Gasteiger partial charge in [-0.25, -0.2) is 0 Å². The van der Waals surface area contributed by atoms with Crippen molar-refractivity contribution in [3.05, 3.63) is 12.7 Å². The first-order chi connectivity index (χ1) is 10.3. The van der Waals surface area contributed by atoms with Gasteiger partial charge >= 0.3 is 5.97 Å². The number of allylic oxidation sites excluding steroid dienone is 1. The third-order valence-electron chi connectivity index (χ3n) is 4.65. The van der Waals surface area contributed by atoms with Gasteiger partial charge < -0.3 is 10.0 Å². The summed E-state index contributed by atoms with van der Waals surface area (Å²) in [5.74, 6) is -0.939. The highest BCUT2D eigenvalue weighted by molar-refractivity contribution is 7.86. The number of hydrogen-bond donors (Lipinski definition) is 1. The van der Waals surface area contributed by atoms with Crippen molar-refractivity contribution in [2.75, 3.05) is 46.3 Å². The lowest BCUT2D eigenvalue weighted by Crippen LogP contribution is -2.56. The van der Waals surface area contributed by atoms with Gasteiger partial charge in [0.05, 0.1) is 5.41 Å². The number of carboxylic acids is 1. The second-order valence-corrected chi connectivity index (χ2v) is 8.15. The van der Waals surface area contributed by atoms with E-state index in [2.05, 4.69) is 11.5 Å². The molecule has 0 aromatic carbocycles. The topological polar surface area (TPSA) is 81.2 Å². The smallest absolute Gasteiger partial charge is 0.311 e. The fourth-order valence-corrected chi connectivity index (χ4v) is 4.89. The van der Waals surface area contributed by atoms with Gasteiger partial charge in [-0.2, -0.15) is 17.0 Å². The Kier molecular flexibility index (Phi) is 5.26. The van der Waals surface area contributed by atoms with Gasteiger partial charge in [0.15, 0.2) is 0 Å². The lowest BCUT2D eigenvalue weighted by atomic mass is 9.78. The van der Waals surface area contributed by atoms with E-state index in [1.54, 1.807) is 6.08 Å². The highest BCUT2D eigenvalue weighted by Crippen LogP contribution is 2.36. The summed E-state index contributed by atoms with van der Waals surface area (Å²) in [6, 6.07) is 0. The summed E-state index contributed by atoms with van der Waals surface area (Å²) in [5, 5.41) is 9.56. The third kappa shape index (κ3) is 3.34. The van der Waals surface area contributed by atoms with Crippen LogP contribution in [-0.2, 0) is 15.0 Å². The lowest BCUT2D eigenvalue weighted by Gasteiger charge is -2.41. The Hall–Kier alpha value is -0.960. The maximum absolute atomic E-state index is 12.8. The van der Waals surface area contributed by atoms with Crippen LogP contribution < -0.4 is 0 Å². The number of nitrogens with zero attached hydrogens (tertiary/aromatic N) is 3. The molecule has 0 aromatic rings. The predicted octanol–water partition coefficient (Wildman–Crippen LogP) is 0.222. The normalized spacial score (nSPS) is 29.3. The maximum atomic E-state index is 12.8. The quantitative estimate of drug-likeness (QED) is 0.729. The number of aliphatic carboxylic acids is 1. The standard InChI is InChI=1S/C14H25N3O4S/c1-3-5-14(13(18)19)6-4-7-17(12-14)22(20,21)16-10-8-15(2)9-11-16/h3H,1,4-12H2,2H3,(H,18,19)/t14-/m1/s1. The summed E-state index contributed by atoms with van der Waals surface area (Å²) in [5.41, 5.74) is -1.04. The molecular formula is C14H25N3O4S. The molecule has 2 saturated heterocycles. The molecule has 2 fully saturated rings. The Morgan fingerprint density at radius 3 is 2.41 bits per heavy atom. The van der Waals surface area contributed by atoms with Gasteiger partial charge in [-0.1, -0.05) is 6.08 Å². The van der Waals surface area contributed by atoms with Crippen LogP contribution in [0.3, 0.4) is 0 Å². The Morgan fingerprint density at radius 1 is 1.23 bits per heavy atom. The van der Waals surface area contributed by atoms with Crippen molar-refractivity contribution >= 4 is 16.2 Å². The van der Waals surface area contributed by atoms with Crippen LogP contribution in [0.25, 0.3) is 0 Å². The minimum Gasteiger partial charge on any atom is -0.481 e. The molecule has 7 nitrogen and oxygen atoms in total. The first kappa shape index (κ1) is 17.4. The average Bonchev–Trinajstić information content (AvgIpc) is 2.48. The largest absolute Gasteiger partial charge is 0.481 e. The number of hydrogen-bond acceptors (Lipinski definition) is 4. The molecule has 0 amide bonds. The molecule has 0 spiro atoms. The van der Waals surface area contributed by atoms with Crippen LogP contribution in [0.2, 0.25) is 0 Å². The number of rotatable bonds is 5. The van der Waals surface area contributed by atoms with Crippen molar-refractivity contribution in [1.82, 2.24) is 13.5 Å². The Morgan fingerprint density at radius 2 is 1.86 bits per heavy atom. The van der Waals surface area contributed by atoms with E-state index in [0.717, 1.165) is 0 Å². The summed E-state index contributed by atoms with van der Waals surface area (Å²) in [6.07, 6.45) is 2.91. The molecule has 0 aliphatic carbocycles. The molecule has 0 radical (unpaired) electrons. The zero-order valence-electron chi connectivity index (χ0n) is 13.1. The van der Waals surface area contributed by atoms with Crippen molar-refractivity contribution in [2.45, 2.75) is 19.3 Å². The average molecular weight is 331 g/mol. The molecule has 1 atom stereocenters. The van der Waals surface area contributed by atoms with Gasteiger partial charge in [-0.15, -0.1) is 6.58 Å². The van der Waals surface area contributed by atoms with E-state index in [0.29, 0.717) is 45.6 Å². The van der Waals surface area contributed by atoms with E-state index >= 15 is 0 Å². The molecule has 8 heteroatoms. The number of likely N-dealkylation sites (N-methyl/N-ethyl adjacent to an activating group) is 1. The van der Waals surface area contributed by atoms with E-state index in [1.807, 2.05) is 7.05 Å². The maximum Gasteiger partial charge on any atom is 0.311 e. The van der Waals surface area contributed by atoms with Crippen LogP contribution in [0.1, 0.15) is 19.3 Å². The Labute approximate surface area is 132 Å². The van der Waals surface area contributed by atoms with E-state index in [1.165, 1.54) is 8.61 Å². The number of piperazine rings is 1. The molecule has 2 heterocycles. The highest BCUT2D eigenvalue weighted by Gasteiger charge is 2.45. The zero-order valence-corrected chi connectivity index (χ0v) is 13.9. The SMILES string of the molecule is C=CC[C@@]1(C(=O)O)CCCN(S(=O)(=O)N2CCN(C)CC2)C1. The Bertz CT molecular complexity index is 528. The minimum absolute atomic E-state index is 0.0308. The van der Waals surface area contributed by atoms with Crippen LogP contribution in [0.15, 0.2) is 12.7 Å². The second kappa shape index (κ2) is 6.66. The van der Waals surface area contributed by atoms with Crippen molar-refractivity contribution in [3.8, 4) is 0 Å². The van der Waals surface area contributed by atoms with Gasteiger partial charge in [0, 0.05) is 39.3 Å². The Balaban J connectivity index is 2.17. The van der Waals surface area contributed by atoms with Crippen molar-refractivity contribution in [2.24, 2.45) is 5.41 Å². The monoisotopic (exact) mass is 331 g/mol. The molecule has 0 saturated carbocycles. The summed E-state index contributed by atoms with van der Waals surface area (Å²) >= 11 is 0. The van der Waals surface area contributed by atoms with Crippen molar-refractivity contribution in [1.29, 1.82) is 0 Å². The van der Waals surface area contributed by atoms with Gasteiger partial charge in [-0.3, -0.25) is 4.79 Å². The van der Waals surface area contributed by atoms with Crippen molar-refractivity contribution < 1.29 is 18.3 Å². The van der Waals surface area contributed by atoms with E-state index in [-0.39, 0.29) is 13.0 Å². The first-order valence-corrected chi connectivity index (χ1v) is 8.99. The van der Waals surface area contributed by atoms with Crippen molar-refractivity contribution in [3.63, 3.8) is 0 Å². The molecule has 2 rings (SSSR count). The summed E-state index contributed by atoms with van der Waals surface area (Å²) in [4.78, 5) is 13.8. The van der Waals surface area contributed by atoms with Crippen LogP contribution in [-0.4, -0.2) is 79.3 Å². The number of carbonyl (C=O) groups is 1. The fraction of sp³-hybridized carbons (Fsp3) is 0.786. The summed E-state index contributed by atoms with van der Waals surface area (Å²) in [7, 11) is -1.63. The van der Waals surface area contributed by atoms with Gasteiger partial charge in [-0.05, 0) is 26.3 Å². The van der Waals surface area contributed by atoms with Crippen LogP contribution in [0.4, 0.5) is 0 Å². The number of carboxylic acid groups (broad SMARTS) is 1. The van der Waals surface area contributed by atoms with E-state index in [4.69, 9.17) is 0 Å². The molecule has 1 N–H and O–H groups in total. The first-order valence-electron chi connectivity index (χ1n) is 7.60. The second-order valence-electron chi connectivity index (χ2n) is 6.23. The molecule has 22 heavy (non-hydrogen) atoms. The van der Waals surface area contributed by atoms with Crippen LogP contribution >= 0.6 is 0 Å². The predicted molar refractivity (Wildman–Crippen MR) is 83.7 cm³/mol. The van der Waals surface area contributed by atoms with E-state index in [9.17, 15) is 18.3 Å². The molecule has 126 valence electrons. The highest BCUT2D eigenvalue weighted by atomic mass is 32.2. The molecule has 0 aromatic heterocycles. The van der Waals surface area contributed by atoms with Gasteiger partial charge in [0.2, 0.25) is 0 Å². The molecular weight excluding hydrogens is 306 g/mol. The lowest BCUT2D eigenvalue weighted by molar-refractivity contribution is -0.151. The third-order valence-corrected chi connectivity index (χ3v) is 6.63. The molecule has 0 unspecified atom stereocenters.